The lowest BCUT2D eigenvalue weighted by Crippen LogP contribution is -2.12. The minimum atomic E-state index is -0.222. The number of rotatable bonds is 9. The number of methoxy groups -OCH3 is 1. The Bertz CT molecular complexity index is 983. The average molecular weight is 405 g/mol. The number of nitrogens with one attached hydrogen (secondary N) is 1. The van der Waals surface area contributed by atoms with Crippen molar-refractivity contribution in [2.24, 2.45) is 0 Å². The standard InChI is InChI=1S/C25H27NO4/c1-4-5-15-29-23-14-9-19(17-24(23)28-3)25(27)26-20-10-12-21(13-11-20)30-22-8-6-7-18(2)16-22/h6-14,16-17H,4-5,15H2,1-3H3,(H,26,27). The van der Waals surface area contributed by atoms with Crippen molar-refractivity contribution in [3.05, 3.63) is 77.9 Å². The highest BCUT2D eigenvalue weighted by molar-refractivity contribution is 6.04. The van der Waals surface area contributed by atoms with Gasteiger partial charge in [0.05, 0.1) is 13.7 Å². The van der Waals surface area contributed by atoms with E-state index in [1.807, 2.05) is 55.5 Å². The van der Waals surface area contributed by atoms with Gasteiger partial charge in [0.1, 0.15) is 11.5 Å². The molecule has 30 heavy (non-hydrogen) atoms. The maximum Gasteiger partial charge on any atom is 0.255 e. The summed E-state index contributed by atoms with van der Waals surface area (Å²) in [6, 6.07) is 20.3. The Morgan fingerprint density at radius 2 is 1.73 bits per heavy atom. The number of ether oxygens (including phenoxy) is 3. The van der Waals surface area contributed by atoms with Crippen molar-refractivity contribution in [2.75, 3.05) is 19.0 Å². The zero-order valence-corrected chi connectivity index (χ0v) is 17.6. The summed E-state index contributed by atoms with van der Waals surface area (Å²) in [5.41, 5.74) is 2.31. The van der Waals surface area contributed by atoms with E-state index >= 15 is 0 Å². The van der Waals surface area contributed by atoms with Crippen LogP contribution in [0.4, 0.5) is 5.69 Å². The molecule has 0 aliphatic rings. The summed E-state index contributed by atoms with van der Waals surface area (Å²) < 4.78 is 16.9. The minimum Gasteiger partial charge on any atom is -0.493 e. The molecule has 3 rings (SSSR count). The highest BCUT2D eigenvalue weighted by atomic mass is 16.5. The molecule has 156 valence electrons. The van der Waals surface area contributed by atoms with Gasteiger partial charge in [0.15, 0.2) is 11.5 Å². The van der Waals surface area contributed by atoms with Crippen LogP contribution in [0.25, 0.3) is 0 Å². The van der Waals surface area contributed by atoms with Gasteiger partial charge in [0, 0.05) is 11.3 Å². The van der Waals surface area contributed by atoms with E-state index in [2.05, 4.69) is 12.2 Å². The van der Waals surface area contributed by atoms with Crippen LogP contribution in [-0.2, 0) is 0 Å². The van der Waals surface area contributed by atoms with Gasteiger partial charge in [-0.3, -0.25) is 4.79 Å². The van der Waals surface area contributed by atoms with Crippen LogP contribution < -0.4 is 19.5 Å². The van der Waals surface area contributed by atoms with Crippen molar-refractivity contribution in [1.29, 1.82) is 0 Å². The second-order valence-electron chi connectivity index (χ2n) is 6.96. The second-order valence-corrected chi connectivity index (χ2v) is 6.96. The number of carbonyl (C=O) groups excluding carboxylic acids is 1. The molecule has 0 bridgehead atoms. The number of carbonyl (C=O) groups is 1. The van der Waals surface area contributed by atoms with Crippen LogP contribution in [-0.4, -0.2) is 19.6 Å². The number of unbranched alkanes of at least 4 members (excludes halogenated alkanes) is 1. The Labute approximate surface area is 177 Å². The van der Waals surface area contributed by atoms with Gasteiger partial charge in [-0.05, 0) is 73.5 Å². The Morgan fingerprint density at radius 1 is 0.933 bits per heavy atom. The number of benzene rings is 3. The van der Waals surface area contributed by atoms with E-state index in [1.165, 1.54) is 0 Å². The number of anilines is 1. The minimum absolute atomic E-state index is 0.222. The summed E-state index contributed by atoms with van der Waals surface area (Å²) in [5.74, 6) is 2.44. The SMILES string of the molecule is CCCCOc1ccc(C(=O)Nc2ccc(Oc3cccc(C)c3)cc2)cc1OC. The molecule has 0 heterocycles. The molecule has 0 spiro atoms. The van der Waals surface area contributed by atoms with Gasteiger partial charge in [0.2, 0.25) is 0 Å². The van der Waals surface area contributed by atoms with Crippen LogP contribution in [0.3, 0.4) is 0 Å². The van der Waals surface area contributed by atoms with Crippen molar-refractivity contribution in [3.63, 3.8) is 0 Å². The normalized spacial score (nSPS) is 10.4. The molecule has 5 nitrogen and oxygen atoms in total. The molecule has 0 aliphatic carbocycles. The maximum absolute atomic E-state index is 12.6. The number of hydrogen-bond donors (Lipinski definition) is 1. The molecule has 0 unspecified atom stereocenters. The highest BCUT2D eigenvalue weighted by Gasteiger charge is 2.12. The molecular weight excluding hydrogens is 378 g/mol. The van der Waals surface area contributed by atoms with E-state index in [9.17, 15) is 4.79 Å². The number of amides is 1. The predicted molar refractivity (Wildman–Crippen MR) is 119 cm³/mol. The van der Waals surface area contributed by atoms with Crippen LogP contribution in [0.1, 0.15) is 35.7 Å². The molecule has 0 radical (unpaired) electrons. The molecule has 0 saturated carbocycles. The Hall–Kier alpha value is -3.47. The lowest BCUT2D eigenvalue weighted by Gasteiger charge is -2.12. The smallest absolute Gasteiger partial charge is 0.255 e. The highest BCUT2D eigenvalue weighted by Crippen LogP contribution is 2.29. The van der Waals surface area contributed by atoms with Crippen molar-refractivity contribution >= 4 is 11.6 Å². The fourth-order valence-corrected chi connectivity index (χ4v) is 2.88. The molecule has 1 amide bonds. The molecule has 1 N–H and O–H groups in total. The summed E-state index contributed by atoms with van der Waals surface area (Å²) in [4.78, 5) is 12.6. The predicted octanol–water partition coefficient (Wildman–Crippen LogP) is 6.23. The van der Waals surface area contributed by atoms with E-state index in [4.69, 9.17) is 14.2 Å². The van der Waals surface area contributed by atoms with E-state index < -0.39 is 0 Å². The summed E-state index contributed by atoms with van der Waals surface area (Å²) in [6.07, 6.45) is 2.02. The maximum atomic E-state index is 12.6. The molecular formula is C25H27NO4. The van der Waals surface area contributed by atoms with Gasteiger partial charge in [-0.25, -0.2) is 0 Å². The number of hydrogen-bond acceptors (Lipinski definition) is 4. The first-order valence-corrected chi connectivity index (χ1v) is 10.1. The van der Waals surface area contributed by atoms with Crippen molar-refractivity contribution in [1.82, 2.24) is 0 Å². The third kappa shape index (κ3) is 5.77. The summed E-state index contributed by atoms with van der Waals surface area (Å²) in [6.45, 7) is 4.75. The van der Waals surface area contributed by atoms with Gasteiger partial charge in [0.25, 0.3) is 5.91 Å². The molecule has 0 atom stereocenters. The quantitative estimate of drug-likeness (QED) is 0.429. The van der Waals surface area contributed by atoms with E-state index in [-0.39, 0.29) is 5.91 Å². The van der Waals surface area contributed by atoms with Gasteiger partial charge >= 0.3 is 0 Å². The lowest BCUT2D eigenvalue weighted by molar-refractivity contribution is 0.102. The average Bonchev–Trinajstić information content (AvgIpc) is 2.75. The van der Waals surface area contributed by atoms with E-state index in [0.29, 0.717) is 35.1 Å². The topological polar surface area (TPSA) is 56.8 Å². The lowest BCUT2D eigenvalue weighted by atomic mass is 10.1. The molecule has 5 heteroatoms. The van der Waals surface area contributed by atoms with Crippen molar-refractivity contribution in [3.8, 4) is 23.0 Å². The van der Waals surface area contributed by atoms with Gasteiger partial charge in [-0.1, -0.05) is 25.5 Å². The summed E-state index contributed by atoms with van der Waals surface area (Å²) in [7, 11) is 1.57. The van der Waals surface area contributed by atoms with Gasteiger partial charge in [-0.2, -0.15) is 0 Å². The zero-order valence-electron chi connectivity index (χ0n) is 17.6. The summed E-state index contributed by atoms with van der Waals surface area (Å²) >= 11 is 0. The Kier molecular flexibility index (Phi) is 7.33. The summed E-state index contributed by atoms with van der Waals surface area (Å²) in [5, 5.41) is 2.89. The van der Waals surface area contributed by atoms with Crippen LogP contribution in [0, 0.1) is 6.92 Å². The van der Waals surface area contributed by atoms with Crippen molar-refractivity contribution < 1.29 is 19.0 Å². The fraction of sp³-hybridized carbons (Fsp3) is 0.240. The van der Waals surface area contributed by atoms with E-state index in [0.717, 1.165) is 24.2 Å². The largest absolute Gasteiger partial charge is 0.493 e. The molecule has 3 aromatic carbocycles. The van der Waals surface area contributed by atoms with Crippen LogP contribution >= 0.6 is 0 Å². The zero-order chi connectivity index (χ0) is 21.3. The first-order valence-electron chi connectivity index (χ1n) is 10.1. The van der Waals surface area contributed by atoms with Crippen LogP contribution in [0.2, 0.25) is 0 Å². The third-order valence-electron chi connectivity index (χ3n) is 4.52. The first-order chi connectivity index (χ1) is 14.6. The number of aryl methyl sites for hydroxylation is 1. The van der Waals surface area contributed by atoms with E-state index in [1.54, 1.807) is 25.3 Å². The second kappa shape index (κ2) is 10.3. The molecule has 3 aromatic rings. The van der Waals surface area contributed by atoms with Crippen LogP contribution in [0.5, 0.6) is 23.0 Å². The van der Waals surface area contributed by atoms with Gasteiger partial charge in [-0.15, -0.1) is 0 Å². The third-order valence-corrected chi connectivity index (χ3v) is 4.52. The molecule has 0 saturated heterocycles. The van der Waals surface area contributed by atoms with Gasteiger partial charge < -0.3 is 19.5 Å². The molecule has 0 aliphatic heterocycles. The fourth-order valence-electron chi connectivity index (χ4n) is 2.88. The molecule has 0 aromatic heterocycles. The van der Waals surface area contributed by atoms with Crippen molar-refractivity contribution in [2.45, 2.75) is 26.7 Å². The molecule has 0 fully saturated rings. The first kappa shape index (κ1) is 21.2. The Morgan fingerprint density at radius 3 is 2.43 bits per heavy atom. The Balaban J connectivity index is 1.63. The monoisotopic (exact) mass is 405 g/mol. The van der Waals surface area contributed by atoms with Crippen LogP contribution in [0.15, 0.2) is 66.7 Å².